The molecule has 1 heterocycles. The monoisotopic (exact) mass is 297 g/mol. The van der Waals surface area contributed by atoms with Gasteiger partial charge >= 0.3 is 0 Å². The summed E-state index contributed by atoms with van der Waals surface area (Å²) in [5, 5.41) is 7.62. The number of rotatable bonds is 6. The SMILES string of the molecule is Cc1cc(C)n(CCC(=O)NC(c2ccccc2)C2CC2)n1. The zero-order valence-corrected chi connectivity index (χ0v) is 13.2. The van der Waals surface area contributed by atoms with E-state index in [0.717, 1.165) is 11.4 Å². The average molecular weight is 297 g/mol. The van der Waals surface area contributed by atoms with Gasteiger partial charge in [-0.05, 0) is 44.2 Å². The number of nitrogens with zero attached hydrogens (tertiary/aromatic N) is 2. The van der Waals surface area contributed by atoms with Crippen LogP contribution in [0.4, 0.5) is 0 Å². The number of aryl methyl sites for hydroxylation is 3. The van der Waals surface area contributed by atoms with E-state index < -0.39 is 0 Å². The molecule has 0 saturated heterocycles. The lowest BCUT2D eigenvalue weighted by Crippen LogP contribution is -2.30. The maximum Gasteiger partial charge on any atom is 0.222 e. The summed E-state index contributed by atoms with van der Waals surface area (Å²) in [6, 6.07) is 12.5. The zero-order valence-electron chi connectivity index (χ0n) is 13.2. The number of hydrogen-bond donors (Lipinski definition) is 1. The summed E-state index contributed by atoms with van der Waals surface area (Å²) in [4.78, 5) is 12.3. The molecule has 1 unspecified atom stereocenters. The van der Waals surface area contributed by atoms with E-state index in [0.29, 0.717) is 18.9 Å². The number of aromatic nitrogens is 2. The van der Waals surface area contributed by atoms with Gasteiger partial charge in [-0.15, -0.1) is 0 Å². The highest BCUT2D eigenvalue weighted by molar-refractivity contribution is 5.76. The van der Waals surface area contributed by atoms with Gasteiger partial charge in [0.05, 0.1) is 11.7 Å². The first-order valence-corrected chi connectivity index (χ1v) is 7.99. The molecule has 0 radical (unpaired) electrons. The second kappa shape index (κ2) is 6.34. The standard InChI is InChI=1S/C18H23N3O/c1-13-12-14(2)21(20-13)11-10-17(22)19-18(16-8-9-16)15-6-4-3-5-7-15/h3-7,12,16,18H,8-11H2,1-2H3,(H,19,22). The lowest BCUT2D eigenvalue weighted by atomic mass is 10.0. The van der Waals surface area contributed by atoms with Crippen LogP contribution in [0.3, 0.4) is 0 Å². The Morgan fingerprint density at radius 2 is 2.05 bits per heavy atom. The van der Waals surface area contributed by atoms with Gasteiger partial charge in [-0.3, -0.25) is 9.48 Å². The molecule has 1 amide bonds. The third-order valence-electron chi connectivity index (χ3n) is 4.22. The molecule has 116 valence electrons. The summed E-state index contributed by atoms with van der Waals surface area (Å²) in [6.45, 7) is 4.63. The molecular formula is C18H23N3O. The molecule has 0 spiro atoms. The van der Waals surface area contributed by atoms with Gasteiger partial charge in [0, 0.05) is 18.7 Å². The summed E-state index contributed by atoms with van der Waals surface area (Å²) < 4.78 is 1.91. The van der Waals surface area contributed by atoms with E-state index >= 15 is 0 Å². The van der Waals surface area contributed by atoms with Crippen LogP contribution < -0.4 is 5.32 Å². The highest BCUT2D eigenvalue weighted by atomic mass is 16.1. The van der Waals surface area contributed by atoms with Crippen molar-refractivity contribution < 1.29 is 4.79 Å². The topological polar surface area (TPSA) is 46.9 Å². The lowest BCUT2D eigenvalue weighted by molar-refractivity contribution is -0.122. The number of carbonyl (C=O) groups excluding carboxylic acids is 1. The summed E-state index contributed by atoms with van der Waals surface area (Å²) in [7, 11) is 0. The van der Waals surface area contributed by atoms with Crippen molar-refractivity contribution in [1.29, 1.82) is 0 Å². The number of hydrogen-bond acceptors (Lipinski definition) is 2. The molecule has 22 heavy (non-hydrogen) atoms. The molecular weight excluding hydrogens is 274 g/mol. The minimum Gasteiger partial charge on any atom is -0.349 e. The van der Waals surface area contributed by atoms with Crippen molar-refractivity contribution in [3.8, 4) is 0 Å². The van der Waals surface area contributed by atoms with Gasteiger partial charge in [0.25, 0.3) is 0 Å². The lowest BCUT2D eigenvalue weighted by Gasteiger charge is -2.19. The summed E-state index contributed by atoms with van der Waals surface area (Å²) >= 11 is 0. The van der Waals surface area contributed by atoms with Crippen LogP contribution in [-0.4, -0.2) is 15.7 Å². The van der Waals surface area contributed by atoms with Gasteiger partial charge in [-0.25, -0.2) is 0 Å². The maximum absolute atomic E-state index is 12.3. The van der Waals surface area contributed by atoms with Gasteiger partial charge in [0.15, 0.2) is 0 Å². The Bertz CT molecular complexity index is 644. The van der Waals surface area contributed by atoms with E-state index in [1.807, 2.05) is 42.8 Å². The van der Waals surface area contributed by atoms with Crippen LogP contribution in [0.5, 0.6) is 0 Å². The second-order valence-electron chi connectivity index (χ2n) is 6.19. The Morgan fingerprint density at radius 1 is 1.32 bits per heavy atom. The number of amides is 1. The van der Waals surface area contributed by atoms with Crippen LogP contribution in [-0.2, 0) is 11.3 Å². The summed E-state index contributed by atoms with van der Waals surface area (Å²) in [5.74, 6) is 0.702. The minimum atomic E-state index is 0.105. The predicted molar refractivity (Wildman–Crippen MR) is 86.4 cm³/mol. The van der Waals surface area contributed by atoms with Gasteiger partial charge < -0.3 is 5.32 Å². The Hall–Kier alpha value is -2.10. The van der Waals surface area contributed by atoms with Crippen LogP contribution >= 0.6 is 0 Å². The highest BCUT2D eigenvalue weighted by Crippen LogP contribution is 2.40. The quantitative estimate of drug-likeness (QED) is 0.890. The van der Waals surface area contributed by atoms with E-state index in [2.05, 4.69) is 22.5 Å². The molecule has 4 nitrogen and oxygen atoms in total. The third kappa shape index (κ3) is 3.56. The van der Waals surface area contributed by atoms with Crippen LogP contribution in [0.25, 0.3) is 0 Å². The predicted octanol–water partition coefficient (Wildman–Crippen LogP) is 3.16. The molecule has 1 aromatic heterocycles. The molecule has 1 aliphatic rings. The molecule has 1 saturated carbocycles. The van der Waals surface area contributed by atoms with Gasteiger partial charge in [-0.1, -0.05) is 30.3 Å². The van der Waals surface area contributed by atoms with Crippen molar-refractivity contribution >= 4 is 5.91 Å². The number of nitrogens with one attached hydrogen (secondary N) is 1. The van der Waals surface area contributed by atoms with Crippen molar-refractivity contribution in [2.24, 2.45) is 5.92 Å². The van der Waals surface area contributed by atoms with Gasteiger partial charge in [0.1, 0.15) is 0 Å². The number of benzene rings is 1. The smallest absolute Gasteiger partial charge is 0.222 e. The molecule has 1 atom stereocenters. The fourth-order valence-corrected chi connectivity index (χ4v) is 2.92. The zero-order chi connectivity index (χ0) is 15.5. The molecule has 4 heteroatoms. The Balaban J connectivity index is 1.59. The Kier molecular flexibility index (Phi) is 4.27. The fourth-order valence-electron chi connectivity index (χ4n) is 2.92. The molecule has 1 fully saturated rings. The van der Waals surface area contributed by atoms with E-state index in [1.165, 1.54) is 18.4 Å². The minimum absolute atomic E-state index is 0.105. The summed E-state index contributed by atoms with van der Waals surface area (Å²) in [5.41, 5.74) is 3.31. The van der Waals surface area contributed by atoms with Crippen molar-refractivity contribution in [2.45, 2.75) is 45.7 Å². The fraction of sp³-hybridized carbons (Fsp3) is 0.444. The van der Waals surface area contributed by atoms with E-state index in [4.69, 9.17) is 0 Å². The van der Waals surface area contributed by atoms with E-state index in [-0.39, 0.29) is 11.9 Å². The molecule has 2 aromatic rings. The van der Waals surface area contributed by atoms with Crippen molar-refractivity contribution in [3.05, 3.63) is 53.3 Å². The molecule has 1 N–H and O–H groups in total. The summed E-state index contributed by atoms with van der Waals surface area (Å²) in [6.07, 6.45) is 2.88. The van der Waals surface area contributed by atoms with E-state index in [1.54, 1.807) is 0 Å². The molecule has 0 bridgehead atoms. The van der Waals surface area contributed by atoms with Crippen LogP contribution in [0.15, 0.2) is 36.4 Å². The normalized spacial score (nSPS) is 15.5. The first kappa shape index (κ1) is 14.8. The first-order chi connectivity index (χ1) is 10.6. The maximum atomic E-state index is 12.3. The van der Waals surface area contributed by atoms with Gasteiger partial charge in [-0.2, -0.15) is 5.10 Å². The number of carbonyl (C=O) groups is 1. The van der Waals surface area contributed by atoms with Crippen LogP contribution in [0.1, 0.15) is 42.3 Å². The second-order valence-corrected chi connectivity index (χ2v) is 6.19. The van der Waals surface area contributed by atoms with Crippen molar-refractivity contribution in [2.75, 3.05) is 0 Å². The molecule has 3 rings (SSSR count). The van der Waals surface area contributed by atoms with Crippen LogP contribution in [0.2, 0.25) is 0 Å². The molecule has 1 aliphatic carbocycles. The highest BCUT2D eigenvalue weighted by Gasteiger charge is 2.33. The first-order valence-electron chi connectivity index (χ1n) is 7.99. The third-order valence-corrected chi connectivity index (χ3v) is 4.22. The van der Waals surface area contributed by atoms with Crippen molar-refractivity contribution in [3.63, 3.8) is 0 Å². The molecule has 0 aliphatic heterocycles. The van der Waals surface area contributed by atoms with Crippen molar-refractivity contribution in [1.82, 2.24) is 15.1 Å². The molecule has 1 aromatic carbocycles. The Labute approximate surface area is 131 Å². The van der Waals surface area contributed by atoms with E-state index in [9.17, 15) is 4.79 Å². The Morgan fingerprint density at radius 3 is 2.64 bits per heavy atom. The van der Waals surface area contributed by atoms with Crippen LogP contribution in [0, 0.1) is 19.8 Å². The average Bonchev–Trinajstić information content (AvgIpc) is 3.29. The largest absolute Gasteiger partial charge is 0.349 e. The van der Waals surface area contributed by atoms with Gasteiger partial charge in [0.2, 0.25) is 5.91 Å².